The zero-order valence-electron chi connectivity index (χ0n) is 12.3. The normalized spacial score (nSPS) is 10.4. The molecule has 0 aliphatic heterocycles. The highest BCUT2D eigenvalue weighted by atomic mass is 16.5. The lowest BCUT2D eigenvalue weighted by atomic mass is 10.1. The number of rotatable bonds is 5. The molecule has 0 amide bonds. The van der Waals surface area contributed by atoms with Crippen LogP contribution in [-0.2, 0) is 4.79 Å². The molecule has 0 fully saturated rings. The number of hydrogen-bond donors (Lipinski definition) is 0. The van der Waals surface area contributed by atoms with Crippen molar-refractivity contribution in [3.8, 4) is 5.75 Å². The minimum Gasteiger partial charge on any atom is -0.423 e. The van der Waals surface area contributed by atoms with Gasteiger partial charge in [0, 0.05) is 11.1 Å². The monoisotopic (exact) mass is 292 g/mol. The lowest BCUT2D eigenvalue weighted by molar-refractivity contribution is -0.130. The molecule has 0 aromatic heterocycles. The quantitative estimate of drug-likeness (QED) is 0.361. The maximum absolute atomic E-state index is 11.9. The highest BCUT2D eigenvalue weighted by Crippen LogP contribution is 2.15. The second-order valence-corrected chi connectivity index (χ2v) is 4.80. The van der Waals surface area contributed by atoms with E-state index in [2.05, 4.69) is 6.58 Å². The van der Waals surface area contributed by atoms with E-state index in [-0.39, 0.29) is 5.78 Å². The molecule has 0 radical (unpaired) electrons. The van der Waals surface area contributed by atoms with Gasteiger partial charge in [0.2, 0.25) is 0 Å². The maximum Gasteiger partial charge on any atom is 0.338 e. The molecule has 3 nitrogen and oxygen atoms in total. The molecule has 0 bridgehead atoms. The van der Waals surface area contributed by atoms with Crippen LogP contribution in [0.15, 0.2) is 72.8 Å². The van der Waals surface area contributed by atoms with Crippen LogP contribution >= 0.6 is 0 Å². The fourth-order valence-corrected chi connectivity index (χ4v) is 1.71. The maximum atomic E-state index is 11.9. The predicted octanol–water partition coefficient (Wildman–Crippen LogP) is 4.06. The van der Waals surface area contributed by atoms with E-state index in [4.69, 9.17) is 4.74 Å². The van der Waals surface area contributed by atoms with Gasteiger partial charge in [-0.1, -0.05) is 55.1 Å². The molecule has 0 aliphatic carbocycles. The van der Waals surface area contributed by atoms with Crippen LogP contribution in [0.1, 0.15) is 22.8 Å². The molecule has 0 heterocycles. The van der Waals surface area contributed by atoms with E-state index < -0.39 is 5.97 Å². The summed E-state index contributed by atoms with van der Waals surface area (Å²) in [5, 5.41) is 0. The van der Waals surface area contributed by atoms with Crippen LogP contribution in [0.3, 0.4) is 0 Å². The fourth-order valence-electron chi connectivity index (χ4n) is 1.71. The SMILES string of the molecule is C=C(C)C(=O)Oc1ccc(/C=C/C(=O)c2ccccc2)cc1. The van der Waals surface area contributed by atoms with Gasteiger partial charge in [-0.15, -0.1) is 0 Å². The van der Waals surface area contributed by atoms with E-state index >= 15 is 0 Å². The molecule has 0 aliphatic rings. The molecule has 0 saturated carbocycles. The van der Waals surface area contributed by atoms with Crippen LogP contribution < -0.4 is 4.74 Å². The fraction of sp³-hybridized carbons (Fsp3) is 0.0526. The number of carbonyl (C=O) groups is 2. The van der Waals surface area contributed by atoms with Crippen LogP contribution in [0.2, 0.25) is 0 Å². The number of carbonyl (C=O) groups excluding carboxylic acids is 2. The summed E-state index contributed by atoms with van der Waals surface area (Å²) < 4.78 is 5.10. The first-order valence-corrected chi connectivity index (χ1v) is 6.81. The van der Waals surface area contributed by atoms with Crippen molar-refractivity contribution in [2.75, 3.05) is 0 Å². The topological polar surface area (TPSA) is 43.4 Å². The third-order valence-electron chi connectivity index (χ3n) is 2.92. The van der Waals surface area contributed by atoms with Crippen LogP contribution in [0, 0.1) is 0 Å². The van der Waals surface area contributed by atoms with E-state index in [0.717, 1.165) is 5.56 Å². The highest BCUT2D eigenvalue weighted by molar-refractivity contribution is 6.06. The smallest absolute Gasteiger partial charge is 0.338 e. The van der Waals surface area contributed by atoms with E-state index in [1.54, 1.807) is 49.4 Å². The molecule has 2 aromatic carbocycles. The third-order valence-corrected chi connectivity index (χ3v) is 2.92. The summed E-state index contributed by atoms with van der Waals surface area (Å²) in [7, 11) is 0. The average Bonchev–Trinajstić information content (AvgIpc) is 2.54. The molecule has 0 atom stereocenters. The first kappa shape index (κ1) is 15.4. The summed E-state index contributed by atoms with van der Waals surface area (Å²) in [6, 6.07) is 16.0. The molecule has 2 rings (SSSR count). The minimum atomic E-state index is -0.456. The Kier molecular flexibility index (Phi) is 5.04. The summed E-state index contributed by atoms with van der Waals surface area (Å²) in [6.07, 6.45) is 3.24. The van der Waals surface area contributed by atoms with Gasteiger partial charge in [-0.05, 0) is 30.7 Å². The number of benzene rings is 2. The minimum absolute atomic E-state index is 0.0570. The summed E-state index contributed by atoms with van der Waals surface area (Å²) in [5.41, 5.74) is 1.84. The molecule has 22 heavy (non-hydrogen) atoms. The lowest BCUT2D eigenvalue weighted by Gasteiger charge is -2.03. The zero-order valence-corrected chi connectivity index (χ0v) is 12.3. The molecule has 3 heteroatoms. The number of allylic oxidation sites excluding steroid dienone is 1. The summed E-state index contributed by atoms with van der Waals surface area (Å²) in [6.45, 7) is 5.12. The van der Waals surface area contributed by atoms with Crippen molar-refractivity contribution >= 4 is 17.8 Å². The number of ketones is 1. The Morgan fingerprint density at radius 1 is 1.00 bits per heavy atom. The van der Waals surface area contributed by atoms with E-state index in [0.29, 0.717) is 16.9 Å². The first-order valence-electron chi connectivity index (χ1n) is 6.81. The van der Waals surface area contributed by atoms with Crippen molar-refractivity contribution in [3.63, 3.8) is 0 Å². The Hall–Kier alpha value is -2.94. The standard InChI is InChI=1S/C19H16O3/c1-14(2)19(21)22-17-11-8-15(9-12-17)10-13-18(20)16-6-4-3-5-7-16/h3-13H,1H2,2H3/b13-10+. The number of hydrogen-bond acceptors (Lipinski definition) is 3. The first-order chi connectivity index (χ1) is 10.6. The average molecular weight is 292 g/mol. The summed E-state index contributed by atoms with van der Waals surface area (Å²) in [4.78, 5) is 23.3. The molecule has 0 N–H and O–H groups in total. The van der Waals surface area contributed by atoms with Crippen molar-refractivity contribution in [2.45, 2.75) is 6.92 Å². The molecule has 0 unspecified atom stereocenters. The zero-order chi connectivity index (χ0) is 15.9. The van der Waals surface area contributed by atoms with Gasteiger partial charge >= 0.3 is 5.97 Å². The molecule has 2 aromatic rings. The van der Waals surface area contributed by atoms with E-state index in [1.807, 2.05) is 18.2 Å². The Morgan fingerprint density at radius 2 is 1.64 bits per heavy atom. The third kappa shape index (κ3) is 4.28. The molecule has 0 spiro atoms. The Labute approximate surface area is 129 Å². The van der Waals surface area contributed by atoms with Crippen molar-refractivity contribution in [3.05, 3.63) is 84.0 Å². The molecular weight excluding hydrogens is 276 g/mol. The summed E-state index contributed by atoms with van der Waals surface area (Å²) >= 11 is 0. The molecule has 0 saturated heterocycles. The van der Waals surface area contributed by atoms with Gasteiger partial charge in [-0.25, -0.2) is 4.79 Å². The van der Waals surface area contributed by atoms with Gasteiger partial charge in [0.1, 0.15) is 5.75 Å². The van der Waals surface area contributed by atoms with E-state index in [1.165, 1.54) is 6.08 Å². The Bertz CT molecular complexity index is 710. The van der Waals surface area contributed by atoms with Gasteiger partial charge < -0.3 is 4.74 Å². The highest BCUT2D eigenvalue weighted by Gasteiger charge is 2.04. The molecular formula is C19H16O3. The van der Waals surface area contributed by atoms with Crippen molar-refractivity contribution in [2.24, 2.45) is 0 Å². The second-order valence-electron chi connectivity index (χ2n) is 4.80. The van der Waals surface area contributed by atoms with Crippen molar-refractivity contribution < 1.29 is 14.3 Å². The number of esters is 1. The van der Waals surface area contributed by atoms with Gasteiger partial charge in [0.25, 0.3) is 0 Å². The second kappa shape index (κ2) is 7.18. The molecule has 110 valence electrons. The van der Waals surface area contributed by atoms with Crippen LogP contribution in [0.5, 0.6) is 5.75 Å². The predicted molar refractivity (Wildman–Crippen MR) is 86.7 cm³/mol. The largest absolute Gasteiger partial charge is 0.423 e. The van der Waals surface area contributed by atoms with Crippen LogP contribution in [0.4, 0.5) is 0 Å². The lowest BCUT2D eigenvalue weighted by Crippen LogP contribution is -2.07. The van der Waals surface area contributed by atoms with Gasteiger partial charge in [0.15, 0.2) is 5.78 Å². The van der Waals surface area contributed by atoms with Crippen LogP contribution in [0.25, 0.3) is 6.08 Å². The van der Waals surface area contributed by atoms with Gasteiger partial charge in [0.05, 0.1) is 0 Å². The van der Waals surface area contributed by atoms with Crippen LogP contribution in [-0.4, -0.2) is 11.8 Å². The van der Waals surface area contributed by atoms with E-state index in [9.17, 15) is 9.59 Å². The van der Waals surface area contributed by atoms with Gasteiger partial charge in [-0.3, -0.25) is 4.79 Å². The van der Waals surface area contributed by atoms with Gasteiger partial charge in [-0.2, -0.15) is 0 Å². The number of ether oxygens (including phenoxy) is 1. The van der Waals surface area contributed by atoms with Crippen molar-refractivity contribution in [1.29, 1.82) is 0 Å². The summed E-state index contributed by atoms with van der Waals surface area (Å²) in [5.74, 6) is -0.0690. The Morgan fingerprint density at radius 3 is 2.23 bits per heavy atom. The van der Waals surface area contributed by atoms with Crippen molar-refractivity contribution in [1.82, 2.24) is 0 Å². The Balaban J connectivity index is 2.02.